The van der Waals surface area contributed by atoms with Crippen LogP contribution < -0.4 is 65.1 Å². The zero-order valence-corrected chi connectivity index (χ0v) is 52.7. The van der Waals surface area contributed by atoms with Crippen LogP contribution in [-0.4, -0.2) is 239 Å². The number of aliphatic hydroxyl groups excluding tert-OH is 4. The molecule has 0 radical (unpaired) electrons. The quantitative estimate of drug-likeness (QED) is 0.0352. The molecule has 0 unspecified atom stereocenters. The minimum absolute atomic E-state index is 0.0715. The largest absolute Gasteiger partial charge is 0.394 e. The first-order valence-corrected chi connectivity index (χ1v) is 32.8. The highest BCUT2D eigenvalue weighted by molar-refractivity contribution is 7.98. The van der Waals surface area contributed by atoms with Gasteiger partial charge in [-0.25, -0.2) is 0 Å². The molecule has 30 heteroatoms. The van der Waals surface area contributed by atoms with Gasteiger partial charge in [0.05, 0.1) is 36.6 Å². The van der Waals surface area contributed by atoms with Gasteiger partial charge in [0.2, 0.25) is 53.2 Å². The Morgan fingerprint density at radius 3 is 2.07 bits per heavy atom. The van der Waals surface area contributed by atoms with Crippen LogP contribution >= 0.6 is 23.5 Å². The number of aromatic nitrogens is 1. The topological polar surface area (TPSA) is 440 Å². The summed E-state index contributed by atoms with van der Waals surface area (Å²) < 4.78 is 0. The number of likely N-dealkylation sites (tertiary alicyclic amines) is 2. The van der Waals surface area contributed by atoms with Crippen LogP contribution in [0.4, 0.5) is 0 Å². The van der Waals surface area contributed by atoms with Crippen LogP contribution in [0.2, 0.25) is 0 Å². The highest BCUT2D eigenvalue weighted by Gasteiger charge is 2.46. The van der Waals surface area contributed by atoms with E-state index in [0.29, 0.717) is 88.9 Å². The lowest BCUT2D eigenvalue weighted by Crippen LogP contribution is -2.66. The van der Waals surface area contributed by atoms with Crippen molar-refractivity contribution in [1.82, 2.24) is 62.6 Å². The summed E-state index contributed by atoms with van der Waals surface area (Å²) in [5.74, 6) is -4.19. The first kappa shape index (κ1) is 74.2. The Kier molecular flexibility index (Phi) is 33.2. The fourth-order valence-electron chi connectivity index (χ4n) is 10.3. The molecule has 3 aliphatic heterocycles. The fourth-order valence-corrected chi connectivity index (χ4v) is 12.1. The molecule has 2 saturated heterocycles. The van der Waals surface area contributed by atoms with Crippen molar-refractivity contribution in [3.05, 3.63) is 29.6 Å². The van der Waals surface area contributed by atoms with Crippen molar-refractivity contribution in [1.29, 1.82) is 0 Å². The maximum absolute atomic E-state index is 14.9. The number of pyridine rings is 1. The average Bonchev–Trinajstić information content (AvgIpc) is 3.69. The number of piperidine rings is 2. The van der Waals surface area contributed by atoms with E-state index in [9.17, 15) is 58.5 Å². The third-order valence-electron chi connectivity index (χ3n) is 15.8. The zero-order chi connectivity index (χ0) is 64.1. The van der Waals surface area contributed by atoms with Crippen molar-refractivity contribution in [2.24, 2.45) is 35.0 Å². The summed E-state index contributed by atoms with van der Waals surface area (Å²) in [6.45, 7) is 10.2. The minimum atomic E-state index is -1.61. The smallest absolute Gasteiger partial charge is 0.246 e. The molecule has 2 fully saturated rings. The van der Waals surface area contributed by atoms with Crippen molar-refractivity contribution in [3.63, 3.8) is 0 Å². The summed E-state index contributed by atoms with van der Waals surface area (Å²) in [6.07, 6.45) is -3.29. The Bertz CT molecular complexity index is 2360. The van der Waals surface area contributed by atoms with Gasteiger partial charge in [0.1, 0.15) is 41.9 Å². The highest BCUT2D eigenvalue weighted by atomic mass is 32.2. The molecule has 1 aromatic rings. The summed E-state index contributed by atoms with van der Waals surface area (Å²) in [6, 6.07) is 0.768. The van der Waals surface area contributed by atoms with E-state index < -0.39 is 108 Å². The van der Waals surface area contributed by atoms with Crippen LogP contribution in [0.5, 0.6) is 0 Å². The van der Waals surface area contributed by atoms with E-state index >= 15 is 0 Å². The highest BCUT2D eigenvalue weighted by Crippen LogP contribution is 2.26. The predicted octanol–water partition coefficient (Wildman–Crippen LogP) is -4.40. The number of nitrogens with zero attached hydrogens (tertiary/aromatic N) is 3. The minimum Gasteiger partial charge on any atom is -0.394 e. The van der Waals surface area contributed by atoms with Crippen LogP contribution in [0.1, 0.15) is 103 Å². The third kappa shape index (κ3) is 25.6. The van der Waals surface area contributed by atoms with Crippen LogP contribution in [0.15, 0.2) is 18.2 Å². The van der Waals surface area contributed by atoms with Gasteiger partial charge in [0, 0.05) is 114 Å². The zero-order valence-electron chi connectivity index (χ0n) is 51.0. The van der Waals surface area contributed by atoms with E-state index in [-0.39, 0.29) is 101 Å². The molecule has 3 aliphatic rings. The Morgan fingerprint density at radius 2 is 1.47 bits per heavy atom. The molecule has 1 spiro atoms. The Balaban J connectivity index is 1.48. The van der Waals surface area contributed by atoms with E-state index in [1.54, 1.807) is 11.8 Å². The van der Waals surface area contributed by atoms with Gasteiger partial charge in [0.15, 0.2) is 0 Å². The van der Waals surface area contributed by atoms with Crippen molar-refractivity contribution in [2.75, 3.05) is 96.6 Å². The average molecular weight is 1270 g/mol. The number of aliphatic hydroxyl groups is 4. The lowest BCUT2D eigenvalue weighted by molar-refractivity contribution is -0.143. The monoisotopic (exact) mass is 1270 g/mol. The number of carbonyl (C=O) groups is 9. The van der Waals surface area contributed by atoms with Gasteiger partial charge in [-0.2, -0.15) is 23.5 Å². The predicted molar refractivity (Wildman–Crippen MR) is 331 cm³/mol. The van der Waals surface area contributed by atoms with Crippen molar-refractivity contribution in [3.8, 4) is 0 Å². The van der Waals surface area contributed by atoms with E-state index in [1.165, 1.54) is 23.5 Å². The van der Waals surface area contributed by atoms with Gasteiger partial charge in [-0.15, -0.1) is 0 Å². The van der Waals surface area contributed by atoms with E-state index in [0.717, 1.165) is 11.4 Å². The first-order valence-electron chi connectivity index (χ1n) is 30.5. The number of nitrogens with one attached hydrogen (secondary N) is 9. The van der Waals surface area contributed by atoms with Crippen LogP contribution in [0.25, 0.3) is 0 Å². The third-order valence-corrected chi connectivity index (χ3v) is 17.8. The number of rotatable bonds is 28. The molecule has 2 bridgehead atoms. The SMILES string of the molecule is CC[C@H](C)[C@@H]1NC(=O)[C@H](CC(C)C)NC(=O)C2(CCN(C(=O)C(CNCCN)CNCCN)CC2)NC(=O)CCSCc2cccc(n2)CSC[C@@H](C(=O)NC2CCN(CC(=O)N[C@H](CCC(=O)NCC[C@@H](O)[C@H](O)[C@H](O)CO)C(N)=O)CC2)NC1=O. The normalized spacial score (nSPS) is 21.6. The van der Waals surface area contributed by atoms with Crippen molar-refractivity contribution in [2.45, 2.75) is 157 Å². The summed E-state index contributed by atoms with van der Waals surface area (Å²) >= 11 is 2.89. The number of hydrogen-bond acceptors (Lipinski definition) is 21. The number of carbonyl (C=O) groups excluding carboxylic acids is 9. The molecule has 28 nitrogen and oxygen atoms in total. The van der Waals surface area contributed by atoms with E-state index in [4.69, 9.17) is 27.3 Å². The number of hydrogen-bond donors (Lipinski definition) is 16. The molecule has 87 heavy (non-hydrogen) atoms. The van der Waals surface area contributed by atoms with E-state index in [1.807, 2.05) is 43.9 Å². The van der Waals surface area contributed by atoms with Gasteiger partial charge in [-0.1, -0.05) is 40.2 Å². The standard InChI is InChI=1S/C57H99N15O13S2/c1-5-36(4)49-54(83)67-43(53(82)65-38-12-22-71(23-13-38)30-48(78)66-41(51(60)80)9-10-46(76)63-19-11-44(74)50(79)45(75)31-73)34-87-33-40-8-6-7-39(64-40)32-86-26-14-47(77)70-57(56(85)68-42(27-35(2)3)52(81)69-49)15-24-72(25-16-57)55(84)37(28-61-20-17-58)29-62-21-18-59/h6-8,35-38,41-45,49-50,61-62,73-75,79H,5,9-34,58-59H2,1-4H3,(H2,60,80)(H,63,76)(H,65,82)(H,66,78)(H,67,83)(H,68,85)(H,69,81)(H,70,77)/t36-,41+,42-,43-,44+,45+,49-,50-/m0/s1. The van der Waals surface area contributed by atoms with Crippen molar-refractivity contribution < 1.29 is 63.6 Å². The Labute approximate surface area is 519 Å². The summed E-state index contributed by atoms with van der Waals surface area (Å²) in [4.78, 5) is 133. The van der Waals surface area contributed by atoms with Crippen molar-refractivity contribution >= 4 is 76.7 Å². The van der Waals surface area contributed by atoms with Crippen LogP contribution in [0, 0.1) is 17.8 Å². The van der Waals surface area contributed by atoms with Gasteiger partial charge >= 0.3 is 0 Å². The van der Waals surface area contributed by atoms with Gasteiger partial charge in [0.25, 0.3) is 0 Å². The summed E-state index contributed by atoms with van der Waals surface area (Å²) in [5, 5.41) is 64.8. The number of primary amides is 1. The number of amides is 9. The van der Waals surface area contributed by atoms with E-state index in [2.05, 4.69) is 47.9 Å². The Morgan fingerprint density at radius 1 is 0.828 bits per heavy atom. The summed E-state index contributed by atoms with van der Waals surface area (Å²) in [7, 11) is 0. The molecule has 4 rings (SSSR count). The molecule has 4 heterocycles. The van der Waals surface area contributed by atoms with Crippen LogP contribution in [-0.2, 0) is 54.7 Å². The second-order valence-corrected chi connectivity index (χ2v) is 25.4. The molecule has 1 aromatic heterocycles. The molecular weight excluding hydrogens is 1170 g/mol. The lowest BCUT2D eigenvalue weighted by atomic mass is 9.85. The number of fused-ring (bicyclic) bond motifs is 2. The molecular formula is C57H99N15O13S2. The molecule has 0 aromatic carbocycles. The van der Waals surface area contributed by atoms with Gasteiger partial charge in [-0.3, -0.25) is 53.0 Å². The molecule has 492 valence electrons. The first-order chi connectivity index (χ1) is 41.5. The van der Waals surface area contributed by atoms with Gasteiger partial charge < -0.3 is 90.4 Å². The number of thioether (sulfide) groups is 2. The molecule has 0 saturated carbocycles. The number of nitrogens with two attached hydrogens (primary N) is 3. The maximum atomic E-state index is 14.9. The Hall–Kier alpha value is -5.28. The maximum Gasteiger partial charge on any atom is 0.246 e. The van der Waals surface area contributed by atoms with Gasteiger partial charge in [-0.05, 0) is 68.9 Å². The summed E-state index contributed by atoms with van der Waals surface area (Å²) in [5.41, 5.74) is 17.0. The lowest BCUT2D eigenvalue weighted by Gasteiger charge is -2.42. The van der Waals surface area contributed by atoms with Crippen LogP contribution in [0.3, 0.4) is 0 Å². The second kappa shape index (κ2) is 39.0. The molecule has 19 N–H and O–H groups in total. The molecule has 0 aliphatic carbocycles. The molecule has 9 amide bonds. The second-order valence-electron chi connectivity index (χ2n) is 23.2. The molecule has 8 atom stereocenters. The fraction of sp³-hybridized carbons (Fsp3) is 0.754.